The summed E-state index contributed by atoms with van der Waals surface area (Å²) in [6, 6.07) is -0.214. The van der Waals surface area contributed by atoms with Gasteiger partial charge in [-0.2, -0.15) is 0 Å². The summed E-state index contributed by atoms with van der Waals surface area (Å²) in [4.78, 5) is 28.0. The first-order chi connectivity index (χ1) is 7.60. The first-order valence-corrected chi connectivity index (χ1v) is 5.59. The van der Waals surface area contributed by atoms with Crippen molar-refractivity contribution in [2.24, 2.45) is 0 Å². The fourth-order valence-corrected chi connectivity index (χ4v) is 1.55. The van der Waals surface area contributed by atoms with Gasteiger partial charge in [0.25, 0.3) is 5.91 Å². The summed E-state index contributed by atoms with van der Waals surface area (Å²) in [5, 5.41) is 0. The van der Waals surface area contributed by atoms with E-state index in [0.29, 0.717) is 13.1 Å². The lowest BCUT2D eigenvalue weighted by Gasteiger charge is -2.16. The van der Waals surface area contributed by atoms with Crippen LogP contribution < -0.4 is 0 Å². The van der Waals surface area contributed by atoms with Crippen LogP contribution >= 0.6 is 0 Å². The number of likely N-dealkylation sites (N-methyl/N-ethyl adjacent to an activating group) is 1. The fraction of sp³-hybridized carbons (Fsp3) is 0.636. The molecule has 90 valence electrons. The van der Waals surface area contributed by atoms with Gasteiger partial charge in [-0.05, 0) is 13.8 Å². The molecule has 0 unspecified atom stereocenters. The number of carbonyl (C=O) groups excluding carboxylic acids is 2. The standard InChI is InChI=1S/C11H19N3O2/c1-4-13(5-2)7-6-10(15)14-9-8-12(3)11(14)16/h6-7H,4-5,8-9H2,1-3H3. The molecule has 0 saturated carbocycles. The predicted octanol–water partition coefficient (Wildman–Crippen LogP) is 0.736. The Morgan fingerprint density at radius 3 is 2.44 bits per heavy atom. The summed E-state index contributed by atoms with van der Waals surface area (Å²) in [7, 11) is 1.70. The number of amides is 3. The molecule has 0 aromatic carbocycles. The van der Waals surface area contributed by atoms with Gasteiger partial charge in [0, 0.05) is 45.5 Å². The van der Waals surface area contributed by atoms with E-state index in [1.54, 1.807) is 18.1 Å². The van der Waals surface area contributed by atoms with Crippen LogP contribution in [0.1, 0.15) is 13.8 Å². The van der Waals surface area contributed by atoms with Crippen molar-refractivity contribution in [3.63, 3.8) is 0 Å². The molecule has 0 aromatic heterocycles. The molecule has 1 fully saturated rings. The highest BCUT2D eigenvalue weighted by Crippen LogP contribution is 2.06. The first kappa shape index (κ1) is 12.5. The number of nitrogens with zero attached hydrogens (tertiary/aromatic N) is 3. The van der Waals surface area contributed by atoms with Gasteiger partial charge in [0.05, 0.1) is 0 Å². The van der Waals surface area contributed by atoms with E-state index >= 15 is 0 Å². The van der Waals surface area contributed by atoms with E-state index in [1.165, 1.54) is 11.0 Å². The Balaban J connectivity index is 2.56. The van der Waals surface area contributed by atoms with Gasteiger partial charge in [0.1, 0.15) is 0 Å². The molecule has 5 heteroatoms. The predicted molar refractivity (Wildman–Crippen MR) is 61.8 cm³/mol. The lowest BCUT2D eigenvalue weighted by atomic mass is 10.4. The smallest absolute Gasteiger partial charge is 0.326 e. The quantitative estimate of drug-likeness (QED) is 0.663. The lowest BCUT2D eigenvalue weighted by molar-refractivity contribution is -0.122. The molecule has 1 aliphatic heterocycles. The summed E-state index contributed by atoms with van der Waals surface area (Å²) in [5.41, 5.74) is 0. The van der Waals surface area contributed by atoms with Crippen LogP contribution in [0.4, 0.5) is 4.79 Å². The van der Waals surface area contributed by atoms with E-state index in [0.717, 1.165) is 13.1 Å². The molecule has 0 spiro atoms. The SMILES string of the molecule is CCN(C=CC(=O)N1CCN(C)C1=O)CC. The van der Waals surface area contributed by atoms with Crippen molar-refractivity contribution in [1.29, 1.82) is 0 Å². The number of imide groups is 1. The van der Waals surface area contributed by atoms with Gasteiger partial charge < -0.3 is 9.80 Å². The van der Waals surface area contributed by atoms with Crippen LogP contribution in [-0.4, -0.2) is 59.9 Å². The number of rotatable bonds is 4. The fourth-order valence-electron chi connectivity index (χ4n) is 1.55. The highest BCUT2D eigenvalue weighted by molar-refractivity contribution is 6.01. The van der Waals surface area contributed by atoms with Gasteiger partial charge in [-0.3, -0.25) is 9.69 Å². The molecule has 0 atom stereocenters. The maximum atomic E-state index is 11.7. The minimum Gasteiger partial charge on any atom is -0.378 e. The zero-order chi connectivity index (χ0) is 12.1. The molecule has 3 amide bonds. The Morgan fingerprint density at radius 1 is 1.38 bits per heavy atom. The Morgan fingerprint density at radius 2 is 2.00 bits per heavy atom. The van der Waals surface area contributed by atoms with Crippen LogP contribution in [0.2, 0.25) is 0 Å². The summed E-state index contributed by atoms with van der Waals surface area (Å²) < 4.78 is 0. The van der Waals surface area contributed by atoms with Crippen LogP contribution in [-0.2, 0) is 4.79 Å². The van der Waals surface area contributed by atoms with Crippen LogP contribution in [0.15, 0.2) is 12.3 Å². The van der Waals surface area contributed by atoms with E-state index < -0.39 is 0 Å². The molecule has 5 nitrogen and oxygen atoms in total. The van der Waals surface area contributed by atoms with Crippen molar-refractivity contribution in [2.75, 3.05) is 33.2 Å². The Labute approximate surface area is 96.3 Å². The Kier molecular flexibility index (Phi) is 4.34. The largest absolute Gasteiger partial charge is 0.378 e. The van der Waals surface area contributed by atoms with E-state index in [9.17, 15) is 9.59 Å². The Bertz CT molecular complexity index is 298. The van der Waals surface area contributed by atoms with E-state index in [1.807, 2.05) is 18.7 Å². The second-order valence-electron chi connectivity index (χ2n) is 3.73. The summed E-state index contributed by atoms with van der Waals surface area (Å²) in [6.07, 6.45) is 3.21. The van der Waals surface area contributed by atoms with Gasteiger partial charge in [0.2, 0.25) is 0 Å². The number of urea groups is 1. The molecule has 0 radical (unpaired) electrons. The lowest BCUT2D eigenvalue weighted by Crippen LogP contribution is -2.34. The molecule has 0 N–H and O–H groups in total. The molecule has 0 aliphatic carbocycles. The number of carbonyl (C=O) groups is 2. The van der Waals surface area contributed by atoms with Crippen molar-refractivity contribution in [3.05, 3.63) is 12.3 Å². The zero-order valence-corrected chi connectivity index (χ0v) is 10.1. The molecule has 1 aliphatic rings. The van der Waals surface area contributed by atoms with Gasteiger partial charge in [-0.25, -0.2) is 4.79 Å². The average molecular weight is 225 g/mol. The van der Waals surface area contributed by atoms with Crippen molar-refractivity contribution in [1.82, 2.24) is 14.7 Å². The normalized spacial score (nSPS) is 16.3. The number of hydrogen-bond acceptors (Lipinski definition) is 3. The maximum absolute atomic E-state index is 11.7. The second-order valence-corrected chi connectivity index (χ2v) is 3.73. The van der Waals surface area contributed by atoms with Gasteiger partial charge in [-0.1, -0.05) is 0 Å². The van der Waals surface area contributed by atoms with Crippen LogP contribution in [0.25, 0.3) is 0 Å². The van der Waals surface area contributed by atoms with Gasteiger partial charge in [0.15, 0.2) is 0 Å². The van der Waals surface area contributed by atoms with Crippen molar-refractivity contribution < 1.29 is 9.59 Å². The van der Waals surface area contributed by atoms with Gasteiger partial charge in [-0.15, -0.1) is 0 Å². The molecule has 1 heterocycles. The van der Waals surface area contributed by atoms with Crippen LogP contribution in [0.3, 0.4) is 0 Å². The maximum Gasteiger partial charge on any atom is 0.326 e. The van der Waals surface area contributed by atoms with Crippen molar-refractivity contribution in [3.8, 4) is 0 Å². The number of hydrogen-bond donors (Lipinski definition) is 0. The molecule has 1 saturated heterocycles. The Hall–Kier alpha value is -1.52. The monoisotopic (exact) mass is 225 g/mol. The van der Waals surface area contributed by atoms with Crippen molar-refractivity contribution >= 4 is 11.9 Å². The third-order valence-corrected chi connectivity index (χ3v) is 2.72. The third-order valence-electron chi connectivity index (χ3n) is 2.72. The second kappa shape index (κ2) is 5.53. The van der Waals surface area contributed by atoms with Gasteiger partial charge >= 0.3 is 6.03 Å². The molecular weight excluding hydrogens is 206 g/mol. The minimum atomic E-state index is -0.235. The summed E-state index contributed by atoms with van der Waals surface area (Å²) in [5.74, 6) is -0.235. The molecule has 0 aromatic rings. The van der Waals surface area contributed by atoms with Crippen LogP contribution in [0, 0.1) is 0 Å². The highest BCUT2D eigenvalue weighted by atomic mass is 16.2. The van der Waals surface area contributed by atoms with E-state index in [-0.39, 0.29) is 11.9 Å². The van der Waals surface area contributed by atoms with E-state index in [4.69, 9.17) is 0 Å². The zero-order valence-electron chi connectivity index (χ0n) is 10.1. The third kappa shape index (κ3) is 2.74. The molecular formula is C11H19N3O2. The van der Waals surface area contributed by atoms with E-state index in [2.05, 4.69) is 0 Å². The summed E-state index contributed by atoms with van der Waals surface area (Å²) in [6.45, 7) is 6.85. The minimum absolute atomic E-state index is 0.214. The summed E-state index contributed by atoms with van der Waals surface area (Å²) >= 11 is 0. The van der Waals surface area contributed by atoms with Crippen LogP contribution in [0.5, 0.6) is 0 Å². The highest BCUT2D eigenvalue weighted by Gasteiger charge is 2.29. The molecule has 0 bridgehead atoms. The average Bonchev–Trinajstić information content (AvgIpc) is 2.61. The van der Waals surface area contributed by atoms with Crippen molar-refractivity contribution in [2.45, 2.75) is 13.8 Å². The molecule has 16 heavy (non-hydrogen) atoms. The first-order valence-electron chi connectivity index (χ1n) is 5.59. The topological polar surface area (TPSA) is 43.9 Å². The molecule has 1 rings (SSSR count).